The standard InChI is InChI=1S/C23H25ClN4O4S2/c1-13-10-17(12-25-21(13)24)28-34(30,31)19-11-16(8-9-18(19)32-3)20-14(2)26-23(33-20)27-22(29)15-6-4-5-7-15/h8-12,15,28H,4-7H2,1-3H3,(H,26,27,29). The average Bonchev–Trinajstić information content (AvgIpc) is 3.46. The summed E-state index contributed by atoms with van der Waals surface area (Å²) in [6.07, 6.45) is 5.30. The topological polar surface area (TPSA) is 110 Å². The molecule has 0 saturated heterocycles. The number of aromatic nitrogens is 2. The Bertz CT molecular complexity index is 1330. The number of ether oxygens (including phenoxy) is 1. The van der Waals surface area contributed by atoms with Crippen LogP contribution in [0.2, 0.25) is 5.15 Å². The summed E-state index contributed by atoms with van der Waals surface area (Å²) in [4.78, 5) is 21.7. The lowest BCUT2D eigenvalue weighted by Crippen LogP contribution is -2.20. The van der Waals surface area contributed by atoms with Crippen molar-refractivity contribution in [2.24, 2.45) is 5.92 Å². The van der Waals surface area contributed by atoms with Crippen LogP contribution in [-0.2, 0) is 14.8 Å². The fourth-order valence-corrected chi connectivity index (χ4v) is 6.26. The number of anilines is 2. The second kappa shape index (κ2) is 9.89. The third-order valence-corrected chi connectivity index (χ3v) is 8.65. The molecule has 2 heterocycles. The lowest BCUT2D eigenvalue weighted by molar-refractivity contribution is -0.119. The Kier molecular flexibility index (Phi) is 7.11. The molecule has 1 fully saturated rings. The first-order valence-electron chi connectivity index (χ1n) is 10.8. The minimum atomic E-state index is -4.00. The van der Waals surface area contributed by atoms with Crippen molar-refractivity contribution < 1.29 is 17.9 Å². The van der Waals surface area contributed by atoms with Crippen molar-refractivity contribution in [2.75, 3.05) is 17.1 Å². The van der Waals surface area contributed by atoms with Crippen molar-refractivity contribution in [1.29, 1.82) is 0 Å². The third kappa shape index (κ3) is 5.18. The number of thiazole rings is 1. The Morgan fingerprint density at radius 1 is 1.21 bits per heavy atom. The van der Waals surface area contributed by atoms with Crippen molar-refractivity contribution in [2.45, 2.75) is 44.4 Å². The number of nitrogens with one attached hydrogen (secondary N) is 2. The van der Waals surface area contributed by atoms with E-state index in [0.717, 1.165) is 30.6 Å². The van der Waals surface area contributed by atoms with Crippen LogP contribution in [0, 0.1) is 19.8 Å². The number of hydrogen-bond acceptors (Lipinski definition) is 7. The van der Waals surface area contributed by atoms with Gasteiger partial charge in [0.2, 0.25) is 5.91 Å². The number of pyridine rings is 1. The predicted molar refractivity (Wildman–Crippen MR) is 134 cm³/mol. The monoisotopic (exact) mass is 520 g/mol. The van der Waals surface area contributed by atoms with E-state index in [9.17, 15) is 13.2 Å². The molecule has 4 rings (SSSR count). The zero-order chi connectivity index (χ0) is 24.5. The van der Waals surface area contributed by atoms with Gasteiger partial charge in [0.25, 0.3) is 10.0 Å². The number of rotatable bonds is 7. The fraction of sp³-hybridized carbons (Fsp3) is 0.348. The molecule has 8 nitrogen and oxygen atoms in total. The molecule has 34 heavy (non-hydrogen) atoms. The Balaban J connectivity index is 1.64. The number of halogens is 1. The summed E-state index contributed by atoms with van der Waals surface area (Å²) in [6.45, 7) is 3.57. The van der Waals surface area contributed by atoms with Crippen LogP contribution in [-0.4, -0.2) is 31.4 Å². The van der Waals surface area contributed by atoms with E-state index in [-0.39, 0.29) is 22.5 Å². The van der Waals surface area contributed by atoms with Crippen LogP contribution in [0.25, 0.3) is 10.4 Å². The highest BCUT2D eigenvalue weighted by Crippen LogP contribution is 2.37. The molecule has 1 amide bonds. The zero-order valence-electron chi connectivity index (χ0n) is 19.0. The molecule has 1 saturated carbocycles. The van der Waals surface area contributed by atoms with Crippen molar-refractivity contribution in [3.05, 3.63) is 46.9 Å². The van der Waals surface area contributed by atoms with E-state index in [1.807, 2.05) is 6.92 Å². The second-order valence-electron chi connectivity index (χ2n) is 8.21. The van der Waals surface area contributed by atoms with Gasteiger partial charge < -0.3 is 10.1 Å². The van der Waals surface area contributed by atoms with E-state index < -0.39 is 10.0 Å². The maximum Gasteiger partial charge on any atom is 0.265 e. The van der Waals surface area contributed by atoms with Crippen LogP contribution in [0.15, 0.2) is 35.4 Å². The van der Waals surface area contributed by atoms with Crippen molar-refractivity contribution in [3.63, 3.8) is 0 Å². The van der Waals surface area contributed by atoms with E-state index in [4.69, 9.17) is 16.3 Å². The van der Waals surface area contributed by atoms with Gasteiger partial charge in [-0.2, -0.15) is 0 Å². The highest BCUT2D eigenvalue weighted by Gasteiger charge is 2.25. The molecule has 0 spiro atoms. The number of aryl methyl sites for hydroxylation is 2. The molecule has 1 aliphatic rings. The number of benzene rings is 1. The van der Waals surface area contributed by atoms with Gasteiger partial charge in [0.15, 0.2) is 5.13 Å². The molecule has 11 heteroatoms. The summed E-state index contributed by atoms with van der Waals surface area (Å²) in [6, 6.07) is 6.52. The predicted octanol–water partition coefficient (Wildman–Crippen LogP) is 5.41. The lowest BCUT2D eigenvalue weighted by atomic mass is 10.1. The molecule has 0 atom stereocenters. The smallest absolute Gasteiger partial charge is 0.265 e. The molecular formula is C23H25ClN4O4S2. The van der Waals surface area contributed by atoms with Crippen LogP contribution in [0.5, 0.6) is 5.75 Å². The molecule has 1 aromatic carbocycles. The quantitative estimate of drug-likeness (QED) is 0.403. The summed E-state index contributed by atoms with van der Waals surface area (Å²) in [5, 5.41) is 3.73. The molecule has 1 aliphatic carbocycles. The van der Waals surface area contributed by atoms with E-state index >= 15 is 0 Å². The van der Waals surface area contributed by atoms with Gasteiger partial charge in [0.1, 0.15) is 15.8 Å². The van der Waals surface area contributed by atoms with Crippen molar-refractivity contribution >= 4 is 49.7 Å². The second-order valence-corrected chi connectivity index (χ2v) is 11.2. The largest absolute Gasteiger partial charge is 0.495 e. The van der Waals surface area contributed by atoms with Crippen molar-refractivity contribution in [1.82, 2.24) is 9.97 Å². The Hall–Kier alpha value is -2.69. The number of methoxy groups -OCH3 is 1. The highest BCUT2D eigenvalue weighted by atomic mass is 35.5. The Morgan fingerprint density at radius 3 is 2.62 bits per heavy atom. The molecule has 0 unspecified atom stereocenters. The van der Waals surface area contributed by atoms with Gasteiger partial charge in [-0.15, -0.1) is 0 Å². The molecule has 3 aromatic rings. The summed E-state index contributed by atoms with van der Waals surface area (Å²) in [5.41, 5.74) is 2.30. The van der Waals surface area contributed by atoms with Gasteiger partial charge in [-0.1, -0.05) is 35.8 Å². The summed E-state index contributed by atoms with van der Waals surface area (Å²) in [5.74, 6) is 0.223. The van der Waals surface area contributed by atoms with Crippen LogP contribution in [0.1, 0.15) is 36.9 Å². The van der Waals surface area contributed by atoms with Crippen LogP contribution >= 0.6 is 22.9 Å². The average molecular weight is 521 g/mol. The van der Waals surface area contributed by atoms with E-state index in [1.54, 1.807) is 31.2 Å². The van der Waals surface area contributed by atoms with Gasteiger partial charge in [-0.25, -0.2) is 18.4 Å². The Labute approximate surface area is 207 Å². The minimum absolute atomic E-state index is 0.00753. The van der Waals surface area contributed by atoms with Crippen LogP contribution in [0.4, 0.5) is 10.8 Å². The van der Waals surface area contributed by atoms with Crippen LogP contribution < -0.4 is 14.8 Å². The zero-order valence-corrected chi connectivity index (χ0v) is 21.4. The molecule has 0 bridgehead atoms. The number of amides is 1. The van der Waals surface area contributed by atoms with Gasteiger partial charge in [0, 0.05) is 5.92 Å². The number of nitrogens with zero attached hydrogens (tertiary/aromatic N) is 2. The molecular weight excluding hydrogens is 496 g/mol. The number of carbonyl (C=O) groups is 1. The number of sulfonamides is 1. The third-order valence-electron chi connectivity index (χ3n) is 5.73. The van der Waals surface area contributed by atoms with Gasteiger partial charge in [0.05, 0.1) is 29.6 Å². The minimum Gasteiger partial charge on any atom is -0.495 e. The van der Waals surface area contributed by atoms with Gasteiger partial charge in [-0.05, 0) is 62.1 Å². The first kappa shape index (κ1) is 24.4. The molecule has 2 N–H and O–H groups in total. The van der Waals surface area contributed by atoms with E-state index in [2.05, 4.69) is 20.0 Å². The number of hydrogen-bond donors (Lipinski definition) is 2. The Morgan fingerprint density at radius 2 is 1.94 bits per heavy atom. The van der Waals surface area contributed by atoms with Crippen LogP contribution in [0.3, 0.4) is 0 Å². The normalized spacial score (nSPS) is 14.2. The summed E-state index contributed by atoms with van der Waals surface area (Å²) >= 11 is 7.27. The number of carbonyl (C=O) groups excluding carboxylic acids is 1. The lowest BCUT2D eigenvalue weighted by Gasteiger charge is -2.13. The summed E-state index contributed by atoms with van der Waals surface area (Å²) < 4.78 is 34.3. The van der Waals surface area contributed by atoms with Gasteiger partial charge >= 0.3 is 0 Å². The van der Waals surface area contributed by atoms with Gasteiger partial charge in [-0.3, -0.25) is 9.52 Å². The first-order chi connectivity index (χ1) is 16.2. The maximum absolute atomic E-state index is 13.2. The van der Waals surface area contributed by atoms with Crippen molar-refractivity contribution in [3.8, 4) is 16.2 Å². The molecule has 0 aliphatic heterocycles. The maximum atomic E-state index is 13.2. The van der Waals surface area contributed by atoms with E-state index in [0.29, 0.717) is 32.8 Å². The molecule has 2 aromatic heterocycles. The highest BCUT2D eigenvalue weighted by molar-refractivity contribution is 7.92. The molecule has 0 radical (unpaired) electrons. The van der Waals surface area contributed by atoms with E-state index in [1.165, 1.54) is 24.6 Å². The summed E-state index contributed by atoms with van der Waals surface area (Å²) in [7, 11) is -2.58. The molecule has 180 valence electrons. The SMILES string of the molecule is COc1ccc(-c2sc(NC(=O)C3CCCC3)nc2C)cc1S(=O)(=O)Nc1cnc(Cl)c(C)c1. The first-order valence-corrected chi connectivity index (χ1v) is 13.5. The fourth-order valence-electron chi connectivity index (χ4n) is 3.97.